The van der Waals surface area contributed by atoms with Crippen LogP contribution in [0.4, 0.5) is 14.6 Å². The summed E-state index contributed by atoms with van der Waals surface area (Å²) in [6, 6.07) is 13.6. The van der Waals surface area contributed by atoms with Crippen molar-refractivity contribution < 1.29 is 18.6 Å². The van der Waals surface area contributed by atoms with Gasteiger partial charge in [-0.15, -0.1) is 10.2 Å². The van der Waals surface area contributed by atoms with E-state index in [0.29, 0.717) is 36.6 Å². The lowest BCUT2D eigenvalue weighted by molar-refractivity contribution is 0.0381. The van der Waals surface area contributed by atoms with E-state index in [-0.39, 0.29) is 12.2 Å². The molecule has 2 heterocycles. The van der Waals surface area contributed by atoms with Crippen LogP contribution in [0.1, 0.15) is 12.0 Å². The van der Waals surface area contributed by atoms with Crippen LogP contribution in [0, 0.1) is 0 Å². The number of ether oxygens (including phenoxy) is 1. The number of rotatable bonds is 5. The Hall–Kier alpha value is -2.21. The number of benzene rings is 2. The van der Waals surface area contributed by atoms with E-state index in [1.54, 1.807) is 12.1 Å². The lowest BCUT2D eigenvalue weighted by Crippen LogP contribution is -2.37. The number of halogens is 2. The number of aromatic nitrogens is 2. The molecule has 2 atom stereocenters. The maximum absolute atomic E-state index is 13.4. The van der Waals surface area contributed by atoms with Crippen molar-refractivity contribution in [2.45, 2.75) is 17.7 Å². The Balaban J connectivity index is 1.67. The molecule has 0 saturated carbocycles. The van der Waals surface area contributed by atoms with Crippen LogP contribution in [0.15, 0.2) is 48.5 Å². The molecule has 146 valence electrons. The SMILES string of the molecule is OC1(CNc2nnc(-c3ccc(C(F)(F)P)cc3)c3ccccc23)CCOC1. The number of fused-ring (bicyclic) bond motifs is 1. The molecule has 1 fully saturated rings. The van der Waals surface area contributed by atoms with Gasteiger partial charge in [0, 0.05) is 41.5 Å². The van der Waals surface area contributed by atoms with Crippen LogP contribution < -0.4 is 5.32 Å². The number of nitrogens with one attached hydrogen (secondary N) is 1. The molecule has 28 heavy (non-hydrogen) atoms. The summed E-state index contributed by atoms with van der Waals surface area (Å²) in [6.45, 7) is 1.13. The molecular weight excluding hydrogens is 383 g/mol. The van der Waals surface area contributed by atoms with Crippen LogP contribution in [0.3, 0.4) is 0 Å². The quantitative estimate of drug-likeness (QED) is 0.635. The molecule has 8 heteroatoms. The zero-order valence-electron chi connectivity index (χ0n) is 15.0. The van der Waals surface area contributed by atoms with Gasteiger partial charge in [-0.1, -0.05) is 57.8 Å². The Morgan fingerprint density at radius 2 is 1.82 bits per heavy atom. The van der Waals surface area contributed by atoms with Crippen molar-refractivity contribution in [3.05, 3.63) is 54.1 Å². The molecule has 1 aliphatic rings. The van der Waals surface area contributed by atoms with Gasteiger partial charge in [0.25, 0.3) is 5.66 Å². The number of nitrogens with zero attached hydrogens (tertiary/aromatic N) is 2. The van der Waals surface area contributed by atoms with E-state index < -0.39 is 11.3 Å². The van der Waals surface area contributed by atoms with Gasteiger partial charge >= 0.3 is 0 Å². The topological polar surface area (TPSA) is 67.3 Å². The van der Waals surface area contributed by atoms with Crippen molar-refractivity contribution in [1.82, 2.24) is 10.2 Å². The first-order valence-electron chi connectivity index (χ1n) is 8.93. The zero-order chi connectivity index (χ0) is 19.8. The first-order chi connectivity index (χ1) is 13.4. The maximum atomic E-state index is 13.4. The Kier molecular flexibility index (Phi) is 5.00. The highest BCUT2D eigenvalue weighted by atomic mass is 31.0. The molecule has 5 nitrogen and oxygen atoms in total. The van der Waals surface area contributed by atoms with Gasteiger partial charge in [-0.3, -0.25) is 0 Å². The average molecular weight is 403 g/mol. The Morgan fingerprint density at radius 3 is 2.46 bits per heavy atom. The van der Waals surface area contributed by atoms with Gasteiger partial charge in [0.05, 0.1) is 6.61 Å². The van der Waals surface area contributed by atoms with Crippen molar-refractivity contribution in [1.29, 1.82) is 0 Å². The summed E-state index contributed by atoms with van der Waals surface area (Å²) < 4.78 is 32.1. The van der Waals surface area contributed by atoms with Gasteiger partial charge in [-0.05, 0) is 0 Å². The third kappa shape index (κ3) is 3.83. The second-order valence-corrected chi connectivity index (χ2v) is 7.75. The van der Waals surface area contributed by atoms with E-state index in [0.717, 1.165) is 10.8 Å². The third-order valence-electron chi connectivity index (χ3n) is 4.90. The summed E-state index contributed by atoms with van der Waals surface area (Å²) in [7, 11) is 1.54. The molecular formula is C20H20F2N3O2P. The Bertz CT molecular complexity index is 987. The second-order valence-electron chi connectivity index (χ2n) is 7.02. The molecule has 2 unspecified atom stereocenters. The van der Waals surface area contributed by atoms with Crippen LogP contribution in [-0.4, -0.2) is 40.7 Å². The third-order valence-corrected chi connectivity index (χ3v) is 5.23. The van der Waals surface area contributed by atoms with Gasteiger partial charge < -0.3 is 15.2 Å². The molecule has 1 aromatic heterocycles. The van der Waals surface area contributed by atoms with Crippen molar-refractivity contribution in [3.8, 4) is 11.3 Å². The zero-order valence-corrected chi connectivity index (χ0v) is 16.2. The van der Waals surface area contributed by atoms with Crippen LogP contribution in [0.25, 0.3) is 22.0 Å². The van der Waals surface area contributed by atoms with E-state index in [1.165, 1.54) is 21.4 Å². The minimum Gasteiger partial charge on any atom is -0.386 e. The van der Waals surface area contributed by atoms with Crippen LogP contribution >= 0.6 is 9.24 Å². The molecule has 0 spiro atoms. The molecule has 0 bridgehead atoms. The molecule has 0 radical (unpaired) electrons. The minimum absolute atomic E-state index is 0.0798. The monoisotopic (exact) mass is 403 g/mol. The van der Waals surface area contributed by atoms with E-state index in [1.807, 2.05) is 24.3 Å². The molecule has 4 rings (SSSR count). The smallest absolute Gasteiger partial charge is 0.283 e. The van der Waals surface area contributed by atoms with Gasteiger partial charge in [0.2, 0.25) is 0 Å². The normalized spacial score (nSPS) is 19.9. The number of hydrogen-bond donors (Lipinski definition) is 2. The van der Waals surface area contributed by atoms with Crippen molar-refractivity contribution in [3.63, 3.8) is 0 Å². The molecule has 0 aliphatic carbocycles. The van der Waals surface area contributed by atoms with Crippen LogP contribution in [0.2, 0.25) is 0 Å². The summed E-state index contributed by atoms with van der Waals surface area (Å²) in [5, 5.41) is 23.9. The van der Waals surface area contributed by atoms with Gasteiger partial charge in [0.1, 0.15) is 11.3 Å². The Labute approximate surface area is 163 Å². The summed E-state index contributed by atoms with van der Waals surface area (Å²) in [5.74, 6) is 0.563. The Morgan fingerprint density at radius 1 is 1.11 bits per heavy atom. The largest absolute Gasteiger partial charge is 0.386 e. The number of alkyl halides is 2. The molecule has 0 amide bonds. The van der Waals surface area contributed by atoms with Crippen molar-refractivity contribution in [2.24, 2.45) is 0 Å². The lowest BCUT2D eigenvalue weighted by Gasteiger charge is -2.21. The summed E-state index contributed by atoms with van der Waals surface area (Å²) in [6.07, 6.45) is 0.566. The minimum atomic E-state index is -2.97. The molecule has 2 N–H and O–H groups in total. The molecule has 1 saturated heterocycles. The fraction of sp³-hybridized carbons (Fsp3) is 0.300. The maximum Gasteiger partial charge on any atom is 0.283 e. The summed E-state index contributed by atoms with van der Waals surface area (Å²) in [5.41, 5.74) is -2.65. The van der Waals surface area contributed by atoms with Gasteiger partial charge in [-0.25, -0.2) is 0 Å². The first-order valence-corrected chi connectivity index (χ1v) is 9.51. The highest BCUT2D eigenvalue weighted by molar-refractivity contribution is 7.17. The van der Waals surface area contributed by atoms with Crippen molar-refractivity contribution in [2.75, 3.05) is 25.1 Å². The number of anilines is 1. The predicted molar refractivity (Wildman–Crippen MR) is 107 cm³/mol. The predicted octanol–water partition coefficient (Wildman–Crippen LogP) is 3.78. The van der Waals surface area contributed by atoms with Crippen LogP contribution in [0.5, 0.6) is 0 Å². The standard InChI is InChI=1S/C20H20F2N3O2P/c21-20(22,28)14-7-5-13(6-8-14)17-15-3-1-2-4-16(15)18(25-24-17)23-11-19(26)9-10-27-12-19/h1-8,26H,9-12,28H2,(H,23,25). The van der Waals surface area contributed by atoms with E-state index in [9.17, 15) is 13.9 Å². The number of aliphatic hydroxyl groups is 1. The summed E-state index contributed by atoms with van der Waals surface area (Å²) in [4.78, 5) is 0. The lowest BCUT2D eigenvalue weighted by atomic mass is 10.0. The second kappa shape index (κ2) is 7.32. The van der Waals surface area contributed by atoms with E-state index in [4.69, 9.17) is 4.74 Å². The van der Waals surface area contributed by atoms with Crippen LogP contribution in [-0.2, 0) is 10.4 Å². The number of hydrogen-bond acceptors (Lipinski definition) is 5. The molecule has 1 aliphatic heterocycles. The fourth-order valence-corrected chi connectivity index (χ4v) is 3.47. The van der Waals surface area contributed by atoms with Crippen molar-refractivity contribution >= 4 is 25.8 Å². The average Bonchev–Trinajstić information content (AvgIpc) is 3.12. The summed E-state index contributed by atoms with van der Waals surface area (Å²) >= 11 is 0. The fourth-order valence-electron chi connectivity index (χ4n) is 3.28. The highest BCUT2D eigenvalue weighted by Gasteiger charge is 2.32. The first kappa shape index (κ1) is 19.1. The van der Waals surface area contributed by atoms with Gasteiger partial charge in [0.15, 0.2) is 5.82 Å². The molecule has 3 aromatic rings. The van der Waals surface area contributed by atoms with E-state index in [2.05, 4.69) is 15.5 Å². The van der Waals surface area contributed by atoms with Gasteiger partial charge in [-0.2, -0.15) is 8.78 Å². The van der Waals surface area contributed by atoms with E-state index >= 15 is 0 Å². The molecule has 2 aromatic carbocycles. The highest BCUT2D eigenvalue weighted by Crippen LogP contribution is 2.36.